The van der Waals surface area contributed by atoms with Gasteiger partial charge in [-0.05, 0) is 12.1 Å². The molecule has 0 aliphatic heterocycles. The van der Waals surface area contributed by atoms with E-state index in [-0.39, 0.29) is 11.1 Å². The molecule has 1 amide bonds. The molecule has 2 aromatic carbocycles. The van der Waals surface area contributed by atoms with Gasteiger partial charge >= 0.3 is 0 Å². The van der Waals surface area contributed by atoms with E-state index >= 15 is 0 Å². The predicted octanol–water partition coefficient (Wildman–Crippen LogP) is 3.92. The maximum Gasteiger partial charge on any atom is 0.272 e. The number of benzene rings is 2. The molecule has 0 fully saturated rings. The molecule has 0 saturated heterocycles. The maximum atomic E-state index is 12.8. The van der Waals surface area contributed by atoms with Gasteiger partial charge in [-0.3, -0.25) is 9.59 Å². The van der Waals surface area contributed by atoms with Gasteiger partial charge in [0.05, 0.1) is 25.1 Å². The maximum absolute atomic E-state index is 12.8. The Balaban J connectivity index is 1.69. The molecule has 0 unspecified atom stereocenters. The van der Waals surface area contributed by atoms with Gasteiger partial charge in [-0.2, -0.15) is 0 Å². The molecule has 2 aromatic heterocycles. The van der Waals surface area contributed by atoms with Gasteiger partial charge in [0.1, 0.15) is 22.2 Å². The molecule has 0 bridgehead atoms. The van der Waals surface area contributed by atoms with Crippen molar-refractivity contribution in [2.45, 2.75) is 0 Å². The zero-order chi connectivity index (χ0) is 20.4. The molecule has 4 aromatic rings. The number of aromatic amines is 1. The minimum absolute atomic E-state index is 0.137. The molecule has 0 aliphatic rings. The van der Waals surface area contributed by atoms with Gasteiger partial charge in [-0.15, -0.1) is 11.3 Å². The number of methoxy groups -OCH3 is 2. The summed E-state index contributed by atoms with van der Waals surface area (Å²) in [4.78, 5) is 32.7. The quantitative estimate of drug-likeness (QED) is 0.523. The van der Waals surface area contributed by atoms with E-state index in [0.29, 0.717) is 28.1 Å². The Morgan fingerprint density at radius 3 is 2.72 bits per heavy atom. The lowest BCUT2D eigenvalue weighted by Crippen LogP contribution is -2.17. The van der Waals surface area contributed by atoms with E-state index < -0.39 is 5.91 Å². The van der Waals surface area contributed by atoms with E-state index in [0.717, 1.165) is 10.6 Å². The van der Waals surface area contributed by atoms with Gasteiger partial charge in [0.2, 0.25) is 0 Å². The second-order valence-corrected chi connectivity index (χ2v) is 7.07. The van der Waals surface area contributed by atoms with Crippen molar-refractivity contribution in [2.24, 2.45) is 0 Å². The van der Waals surface area contributed by atoms with Crippen LogP contribution in [-0.2, 0) is 0 Å². The Bertz CT molecular complexity index is 1250. The molecule has 146 valence electrons. The molecule has 8 heteroatoms. The molecule has 2 heterocycles. The van der Waals surface area contributed by atoms with E-state index in [1.54, 1.807) is 24.4 Å². The molecule has 0 spiro atoms. The number of rotatable bonds is 5. The van der Waals surface area contributed by atoms with Crippen molar-refractivity contribution in [1.29, 1.82) is 0 Å². The summed E-state index contributed by atoms with van der Waals surface area (Å²) in [7, 11) is 2.99. The molecule has 2 N–H and O–H groups in total. The van der Waals surface area contributed by atoms with E-state index in [1.165, 1.54) is 31.6 Å². The zero-order valence-corrected chi connectivity index (χ0v) is 16.5. The van der Waals surface area contributed by atoms with Crippen LogP contribution in [0.4, 0.5) is 5.69 Å². The Morgan fingerprint density at radius 2 is 2.00 bits per heavy atom. The number of thiazole rings is 1. The highest BCUT2D eigenvalue weighted by Gasteiger charge is 2.15. The van der Waals surface area contributed by atoms with Crippen LogP contribution < -0.4 is 20.2 Å². The van der Waals surface area contributed by atoms with Crippen LogP contribution in [0.2, 0.25) is 0 Å². The molecular formula is C21H17N3O4S. The SMILES string of the molecule is COc1cc(OC)c2c(=O)cc(C(=O)Nc3cccc(-c4nccs4)c3)[nH]c2c1. The number of nitrogens with one attached hydrogen (secondary N) is 2. The molecule has 4 rings (SSSR count). The van der Waals surface area contributed by atoms with Crippen LogP contribution in [0.5, 0.6) is 11.5 Å². The number of nitrogens with zero attached hydrogens (tertiary/aromatic N) is 1. The second kappa shape index (κ2) is 7.76. The van der Waals surface area contributed by atoms with Crippen LogP contribution in [0, 0.1) is 0 Å². The molecule has 0 atom stereocenters. The average molecular weight is 407 g/mol. The van der Waals surface area contributed by atoms with E-state index in [2.05, 4.69) is 15.3 Å². The first-order valence-electron chi connectivity index (χ1n) is 8.69. The molecular weight excluding hydrogens is 390 g/mol. The lowest BCUT2D eigenvalue weighted by molar-refractivity contribution is 0.102. The minimum Gasteiger partial charge on any atom is -0.497 e. The Labute approximate surface area is 170 Å². The van der Waals surface area contributed by atoms with Gasteiger partial charge in [-0.1, -0.05) is 12.1 Å². The van der Waals surface area contributed by atoms with Crippen LogP contribution in [0.25, 0.3) is 21.5 Å². The van der Waals surface area contributed by atoms with Crippen LogP contribution in [0.3, 0.4) is 0 Å². The number of hydrogen-bond donors (Lipinski definition) is 2. The number of H-pyrrole nitrogens is 1. The summed E-state index contributed by atoms with van der Waals surface area (Å²) in [6.07, 6.45) is 1.73. The summed E-state index contributed by atoms with van der Waals surface area (Å²) in [6, 6.07) is 11.9. The third-order valence-corrected chi connectivity index (χ3v) is 5.19. The van der Waals surface area contributed by atoms with Gasteiger partial charge in [-0.25, -0.2) is 4.98 Å². The van der Waals surface area contributed by atoms with Crippen LogP contribution in [0.15, 0.2) is 58.8 Å². The Kier molecular flexibility index (Phi) is 5.01. The smallest absolute Gasteiger partial charge is 0.272 e. The van der Waals surface area contributed by atoms with E-state index in [1.807, 2.05) is 23.6 Å². The summed E-state index contributed by atoms with van der Waals surface area (Å²) in [5.74, 6) is 0.462. The van der Waals surface area contributed by atoms with Gasteiger partial charge in [0, 0.05) is 41.0 Å². The Morgan fingerprint density at radius 1 is 1.14 bits per heavy atom. The third kappa shape index (κ3) is 3.70. The standard InChI is InChI=1S/C21H17N3O4S/c1-27-14-9-15-19(18(10-14)28-2)17(25)11-16(24-15)20(26)23-13-5-3-4-12(8-13)21-22-6-7-29-21/h3-11H,1-2H3,(H,23,26)(H,24,25). The van der Waals surface area contributed by atoms with Crippen molar-refractivity contribution in [3.8, 4) is 22.1 Å². The van der Waals surface area contributed by atoms with Crippen molar-refractivity contribution < 1.29 is 14.3 Å². The van der Waals surface area contributed by atoms with E-state index in [4.69, 9.17) is 9.47 Å². The summed E-state index contributed by atoms with van der Waals surface area (Å²) in [5, 5.41) is 5.92. The normalized spacial score (nSPS) is 10.7. The number of fused-ring (bicyclic) bond motifs is 1. The number of anilines is 1. The summed E-state index contributed by atoms with van der Waals surface area (Å²) >= 11 is 1.52. The number of hydrogen-bond acceptors (Lipinski definition) is 6. The van der Waals surface area contributed by atoms with Crippen molar-refractivity contribution in [3.63, 3.8) is 0 Å². The second-order valence-electron chi connectivity index (χ2n) is 6.17. The highest BCUT2D eigenvalue weighted by molar-refractivity contribution is 7.13. The number of pyridine rings is 1. The molecule has 0 radical (unpaired) electrons. The first-order valence-corrected chi connectivity index (χ1v) is 9.57. The van der Waals surface area contributed by atoms with Crippen molar-refractivity contribution in [2.75, 3.05) is 19.5 Å². The monoisotopic (exact) mass is 407 g/mol. The lowest BCUT2D eigenvalue weighted by atomic mass is 10.1. The first kappa shape index (κ1) is 18.7. The van der Waals surface area contributed by atoms with Crippen molar-refractivity contribution >= 4 is 33.8 Å². The molecule has 0 aliphatic carbocycles. The zero-order valence-electron chi connectivity index (χ0n) is 15.7. The highest BCUT2D eigenvalue weighted by atomic mass is 32.1. The number of amides is 1. The van der Waals surface area contributed by atoms with Crippen LogP contribution >= 0.6 is 11.3 Å². The topological polar surface area (TPSA) is 93.3 Å². The number of ether oxygens (including phenoxy) is 2. The van der Waals surface area contributed by atoms with Gasteiger partial charge < -0.3 is 19.8 Å². The highest BCUT2D eigenvalue weighted by Crippen LogP contribution is 2.28. The molecule has 0 saturated carbocycles. The minimum atomic E-state index is -0.429. The predicted molar refractivity (Wildman–Crippen MR) is 113 cm³/mol. The van der Waals surface area contributed by atoms with Crippen LogP contribution in [-0.4, -0.2) is 30.1 Å². The number of carbonyl (C=O) groups is 1. The van der Waals surface area contributed by atoms with E-state index in [9.17, 15) is 9.59 Å². The molecule has 7 nitrogen and oxygen atoms in total. The largest absolute Gasteiger partial charge is 0.497 e. The number of aromatic nitrogens is 2. The summed E-state index contributed by atoms with van der Waals surface area (Å²) in [5.41, 5.74) is 1.78. The first-order chi connectivity index (χ1) is 14.1. The third-order valence-electron chi connectivity index (χ3n) is 4.37. The van der Waals surface area contributed by atoms with Crippen LogP contribution in [0.1, 0.15) is 10.5 Å². The fraction of sp³-hybridized carbons (Fsp3) is 0.0952. The van der Waals surface area contributed by atoms with Gasteiger partial charge in [0.25, 0.3) is 5.91 Å². The van der Waals surface area contributed by atoms with Gasteiger partial charge in [0.15, 0.2) is 5.43 Å². The summed E-state index contributed by atoms with van der Waals surface area (Å²) < 4.78 is 10.5. The average Bonchev–Trinajstić information content (AvgIpc) is 3.27. The van der Waals surface area contributed by atoms with Crippen molar-refractivity contribution in [3.05, 3.63) is 70.0 Å². The lowest BCUT2D eigenvalue weighted by Gasteiger charge is -2.11. The fourth-order valence-electron chi connectivity index (χ4n) is 3.02. The Hall–Kier alpha value is -3.65. The molecule has 29 heavy (non-hydrogen) atoms. The number of carbonyl (C=O) groups excluding carboxylic acids is 1. The van der Waals surface area contributed by atoms with Crippen molar-refractivity contribution in [1.82, 2.24) is 9.97 Å². The summed E-state index contributed by atoms with van der Waals surface area (Å²) in [6.45, 7) is 0. The fourth-order valence-corrected chi connectivity index (χ4v) is 3.66.